The summed E-state index contributed by atoms with van der Waals surface area (Å²) < 4.78 is 4.81. The highest BCUT2D eigenvalue weighted by atomic mass is 16.5. The highest BCUT2D eigenvalue weighted by Gasteiger charge is 2.41. The first-order valence-electron chi connectivity index (χ1n) is 5.60. The van der Waals surface area contributed by atoms with Crippen molar-refractivity contribution in [3.8, 4) is 0 Å². The van der Waals surface area contributed by atoms with Gasteiger partial charge in [-0.3, -0.25) is 9.79 Å². The van der Waals surface area contributed by atoms with E-state index in [0.29, 0.717) is 5.71 Å². The molecule has 0 aromatic carbocycles. The summed E-state index contributed by atoms with van der Waals surface area (Å²) in [5.41, 5.74) is 1.32. The lowest BCUT2D eigenvalue weighted by molar-refractivity contribution is -0.144. The minimum Gasteiger partial charge on any atom is -0.468 e. The van der Waals surface area contributed by atoms with E-state index in [1.165, 1.54) is 7.11 Å². The Kier molecular flexibility index (Phi) is 3.83. The van der Waals surface area contributed by atoms with Gasteiger partial charge in [-0.1, -0.05) is 13.8 Å². The van der Waals surface area contributed by atoms with Gasteiger partial charge in [-0.25, -0.2) is 0 Å². The highest BCUT2D eigenvalue weighted by molar-refractivity contribution is 6.09. The Labute approximate surface area is 96.6 Å². The smallest absolute Gasteiger partial charge is 0.315 e. The third-order valence-electron chi connectivity index (χ3n) is 3.19. The summed E-state index contributed by atoms with van der Waals surface area (Å²) >= 11 is 0. The Morgan fingerprint density at radius 1 is 1.50 bits per heavy atom. The second-order valence-corrected chi connectivity index (χ2v) is 4.67. The fraction of sp³-hybridized carbons (Fsp3) is 0.750. The molecule has 4 nitrogen and oxygen atoms in total. The SMILES string of the molecule is COC(=O)C1C(C)=NC(C)C(=N)C1C(C)C. The Bertz CT molecular complexity index is 334. The van der Waals surface area contributed by atoms with Gasteiger partial charge in [-0.2, -0.15) is 0 Å². The van der Waals surface area contributed by atoms with Crippen molar-refractivity contribution in [2.24, 2.45) is 22.7 Å². The molecule has 3 atom stereocenters. The first kappa shape index (κ1) is 12.9. The second-order valence-electron chi connectivity index (χ2n) is 4.67. The van der Waals surface area contributed by atoms with Crippen LogP contribution in [0.25, 0.3) is 0 Å². The van der Waals surface area contributed by atoms with Crippen molar-refractivity contribution in [1.29, 1.82) is 5.41 Å². The normalized spacial score (nSPS) is 30.2. The van der Waals surface area contributed by atoms with Gasteiger partial charge in [0.05, 0.1) is 13.2 Å². The zero-order valence-electron chi connectivity index (χ0n) is 10.6. The van der Waals surface area contributed by atoms with Crippen LogP contribution in [0, 0.1) is 23.2 Å². The molecule has 90 valence electrons. The van der Waals surface area contributed by atoms with Gasteiger partial charge in [-0.05, 0) is 19.8 Å². The number of hydrogen-bond donors (Lipinski definition) is 1. The molecular formula is C12H20N2O2. The molecule has 0 radical (unpaired) electrons. The van der Waals surface area contributed by atoms with Gasteiger partial charge >= 0.3 is 5.97 Å². The summed E-state index contributed by atoms with van der Waals surface area (Å²) in [6.45, 7) is 7.80. The summed E-state index contributed by atoms with van der Waals surface area (Å²) in [6, 6.07) is -0.117. The predicted molar refractivity (Wildman–Crippen MR) is 64.1 cm³/mol. The molecule has 4 heteroatoms. The zero-order valence-corrected chi connectivity index (χ0v) is 10.6. The van der Waals surface area contributed by atoms with Crippen molar-refractivity contribution in [2.45, 2.75) is 33.7 Å². The topological polar surface area (TPSA) is 62.5 Å². The number of ether oxygens (including phenoxy) is 1. The molecule has 1 heterocycles. The molecule has 0 fully saturated rings. The number of rotatable bonds is 2. The van der Waals surface area contributed by atoms with Crippen LogP contribution in [0.5, 0.6) is 0 Å². The van der Waals surface area contributed by atoms with Crippen molar-refractivity contribution in [1.82, 2.24) is 0 Å². The largest absolute Gasteiger partial charge is 0.468 e. The van der Waals surface area contributed by atoms with Crippen molar-refractivity contribution >= 4 is 17.4 Å². The van der Waals surface area contributed by atoms with Crippen LogP contribution in [0.15, 0.2) is 4.99 Å². The van der Waals surface area contributed by atoms with Crippen LogP contribution < -0.4 is 0 Å². The number of methoxy groups -OCH3 is 1. The maximum atomic E-state index is 11.7. The van der Waals surface area contributed by atoms with E-state index < -0.39 is 0 Å². The lowest BCUT2D eigenvalue weighted by atomic mass is 9.74. The third kappa shape index (κ3) is 2.15. The van der Waals surface area contributed by atoms with Crippen LogP contribution in [0.4, 0.5) is 0 Å². The second kappa shape index (κ2) is 4.76. The Hall–Kier alpha value is -1.19. The quantitative estimate of drug-likeness (QED) is 0.728. The third-order valence-corrected chi connectivity index (χ3v) is 3.19. The predicted octanol–water partition coefficient (Wildman–Crippen LogP) is 1.93. The zero-order chi connectivity index (χ0) is 12.5. The van der Waals surface area contributed by atoms with E-state index in [9.17, 15) is 4.79 Å². The van der Waals surface area contributed by atoms with Gasteiger partial charge < -0.3 is 10.1 Å². The van der Waals surface area contributed by atoms with Gasteiger partial charge in [0.1, 0.15) is 5.92 Å². The Morgan fingerprint density at radius 2 is 2.06 bits per heavy atom. The molecule has 0 spiro atoms. The molecule has 0 saturated heterocycles. The van der Waals surface area contributed by atoms with E-state index >= 15 is 0 Å². The summed E-state index contributed by atoms with van der Waals surface area (Å²) in [4.78, 5) is 16.1. The molecule has 16 heavy (non-hydrogen) atoms. The number of carbonyl (C=O) groups is 1. The number of aliphatic imine (C=N–C) groups is 1. The highest BCUT2D eigenvalue weighted by Crippen LogP contribution is 2.30. The fourth-order valence-corrected chi connectivity index (χ4v) is 2.36. The van der Waals surface area contributed by atoms with E-state index in [2.05, 4.69) is 4.99 Å². The van der Waals surface area contributed by atoms with Crippen LogP contribution in [-0.2, 0) is 9.53 Å². The Morgan fingerprint density at radius 3 is 2.50 bits per heavy atom. The fourth-order valence-electron chi connectivity index (χ4n) is 2.36. The van der Waals surface area contributed by atoms with Crippen molar-refractivity contribution in [2.75, 3.05) is 7.11 Å². The maximum Gasteiger partial charge on any atom is 0.315 e. The van der Waals surface area contributed by atoms with Crippen molar-refractivity contribution in [3.63, 3.8) is 0 Å². The summed E-state index contributed by atoms with van der Waals surface area (Å²) in [7, 11) is 1.38. The van der Waals surface area contributed by atoms with E-state index in [4.69, 9.17) is 10.1 Å². The van der Waals surface area contributed by atoms with Gasteiger partial charge in [-0.15, -0.1) is 0 Å². The van der Waals surface area contributed by atoms with E-state index in [0.717, 1.165) is 5.71 Å². The summed E-state index contributed by atoms with van der Waals surface area (Å²) in [6.07, 6.45) is 0. The number of nitrogens with one attached hydrogen (secondary N) is 1. The molecule has 1 N–H and O–H groups in total. The minimum atomic E-state index is -0.381. The van der Waals surface area contributed by atoms with Crippen LogP contribution in [0.3, 0.4) is 0 Å². The maximum absolute atomic E-state index is 11.7. The summed E-state index contributed by atoms with van der Waals surface area (Å²) in [5, 5.41) is 8.06. The standard InChI is InChI=1S/C12H20N2O2/c1-6(2)9-10(12(15)16-5)7(3)14-8(4)11(9)13/h6,8-10,13H,1-5H3. The molecule has 0 amide bonds. The Balaban J connectivity index is 3.14. The van der Waals surface area contributed by atoms with Crippen LogP contribution >= 0.6 is 0 Å². The number of esters is 1. The number of hydrogen-bond acceptors (Lipinski definition) is 4. The first-order chi connectivity index (χ1) is 7.40. The average molecular weight is 224 g/mol. The molecule has 0 aromatic heterocycles. The molecule has 1 aliphatic rings. The van der Waals surface area contributed by atoms with Crippen molar-refractivity contribution in [3.05, 3.63) is 0 Å². The van der Waals surface area contributed by atoms with E-state index in [-0.39, 0.29) is 29.8 Å². The lowest BCUT2D eigenvalue weighted by Crippen LogP contribution is -2.45. The van der Waals surface area contributed by atoms with Gasteiger partial charge in [0, 0.05) is 17.3 Å². The van der Waals surface area contributed by atoms with Crippen LogP contribution in [0.1, 0.15) is 27.7 Å². The van der Waals surface area contributed by atoms with Crippen LogP contribution in [-0.4, -0.2) is 30.5 Å². The molecule has 0 bridgehead atoms. The molecule has 0 aromatic rings. The van der Waals surface area contributed by atoms with E-state index in [1.807, 2.05) is 27.7 Å². The van der Waals surface area contributed by atoms with Gasteiger partial charge in [0.2, 0.25) is 0 Å². The number of nitrogens with zero attached hydrogens (tertiary/aromatic N) is 1. The summed E-state index contributed by atoms with van der Waals surface area (Å²) in [5.74, 6) is -0.505. The number of carbonyl (C=O) groups excluding carboxylic acids is 1. The minimum absolute atomic E-state index is 0.0834. The van der Waals surface area contributed by atoms with Crippen molar-refractivity contribution < 1.29 is 9.53 Å². The average Bonchev–Trinajstić information content (AvgIpc) is 2.21. The first-order valence-corrected chi connectivity index (χ1v) is 5.60. The molecular weight excluding hydrogens is 204 g/mol. The lowest BCUT2D eigenvalue weighted by Gasteiger charge is -2.34. The molecule has 1 rings (SSSR count). The monoisotopic (exact) mass is 224 g/mol. The van der Waals surface area contributed by atoms with E-state index in [1.54, 1.807) is 0 Å². The molecule has 0 saturated carbocycles. The van der Waals surface area contributed by atoms with Gasteiger partial charge in [0.15, 0.2) is 0 Å². The molecule has 3 unspecified atom stereocenters. The van der Waals surface area contributed by atoms with Gasteiger partial charge in [0.25, 0.3) is 0 Å². The molecule has 1 aliphatic heterocycles. The van der Waals surface area contributed by atoms with Crippen LogP contribution in [0.2, 0.25) is 0 Å². The molecule has 0 aliphatic carbocycles.